The summed E-state index contributed by atoms with van der Waals surface area (Å²) in [4.78, 5) is 10.7. The molecular weight excluding hydrogens is 268 g/mol. The standard InChI is InChI=1S/C12H14N2O4S/c1-2-3-4-7-14-19(17,18)11-6-5-9(13)8-10(11)12(15)16/h1,5-6,8,14H,3-4,7,13H2,(H,15,16). The number of nitrogens with two attached hydrogens (primary N) is 1. The molecule has 19 heavy (non-hydrogen) atoms. The number of carbonyl (C=O) groups is 1. The van der Waals surface area contributed by atoms with Gasteiger partial charge in [0.15, 0.2) is 0 Å². The number of benzene rings is 1. The summed E-state index contributed by atoms with van der Waals surface area (Å²) in [5.41, 5.74) is 5.27. The predicted molar refractivity (Wildman–Crippen MR) is 71.1 cm³/mol. The van der Waals surface area contributed by atoms with Crippen LogP contribution in [0.1, 0.15) is 23.2 Å². The molecule has 1 aromatic rings. The highest BCUT2D eigenvalue weighted by molar-refractivity contribution is 7.89. The minimum atomic E-state index is -3.89. The van der Waals surface area contributed by atoms with Crippen LogP contribution in [0.4, 0.5) is 5.69 Å². The van der Waals surface area contributed by atoms with Crippen LogP contribution in [0.2, 0.25) is 0 Å². The van der Waals surface area contributed by atoms with Crippen molar-refractivity contribution in [1.82, 2.24) is 4.72 Å². The Hall–Kier alpha value is -2.04. The summed E-state index contributed by atoms with van der Waals surface area (Å²) < 4.78 is 26.2. The van der Waals surface area contributed by atoms with Crippen LogP contribution in [0, 0.1) is 12.3 Å². The summed E-state index contributed by atoms with van der Waals surface area (Å²) in [7, 11) is -3.89. The Balaban J connectivity index is 3.01. The van der Waals surface area contributed by atoms with E-state index in [9.17, 15) is 13.2 Å². The molecule has 102 valence electrons. The lowest BCUT2D eigenvalue weighted by atomic mass is 10.2. The summed E-state index contributed by atoms with van der Waals surface area (Å²) >= 11 is 0. The molecule has 0 unspecified atom stereocenters. The monoisotopic (exact) mass is 282 g/mol. The van der Waals surface area contributed by atoms with Crippen LogP contribution in [0.15, 0.2) is 23.1 Å². The van der Waals surface area contributed by atoms with Gasteiger partial charge in [-0.15, -0.1) is 12.3 Å². The summed E-state index contributed by atoms with van der Waals surface area (Å²) in [5.74, 6) is 1.03. The summed E-state index contributed by atoms with van der Waals surface area (Å²) in [6, 6.07) is 3.61. The average molecular weight is 282 g/mol. The van der Waals surface area contributed by atoms with Crippen molar-refractivity contribution in [3.8, 4) is 12.3 Å². The van der Waals surface area contributed by atoms with Crippen molar-refractivity contribution in [1.29, 1.82) is 0 Å². The number of rotatable bonds is 6. The zero-order valence-electron chi connectivity index (χ0n) is 10.1. The van der Waals surface area contributed by atoms with E-state index < -0.39 is 16.0 Å². The molecule has 0 aromatic heterocycles. The van der Waals surface area contributed by atoms with Crippen LogP contribution in [0.25, 0.3) is 0 Å². The first kappa shape index (κ1) is 15.0. The summed E-state index contributed by atoms with van der Waals surface area (Å²) in [5, 5.41) is 8.99. The number of terminal acetylenes is 1. The molecule has 6 nitrogen and oxygen atoms in total. The number of sulfonamides is 1. The van der Waals surface area contributed by atoms with Crippen LogP contribution in [-0.2, 0) is 10.0 Å². The van der Waals surface area contributed by atoms with E-state index in [0.717, 1.165) is 6.07 Å². The fourth-order valence-electron chi connectivity index (χ4n) is 1.42. The quantitative estimate of drug-likeness (QED) is 0.403. The van der Waals surface area contributed by atoms with Crippen molar-refractivity contribution in [3.63, 3.8) is 0 Å². The topological polar surface area (TPSA) is 109 Å². The molecule has 0 spiro atoms. The lowest BCUT2D eigenvalue weighted by Gasteiger charge is -2.09. The Morgan fingerprint density at radius 1 is 1.47 bits per heavy atom. The normalized spacial score (nSPS) is 10.9. The predicted octanol–water partition coefficient (Wildman–Crippen LogP) is 0.659. The van der Waals surface area contributed by atoms with Crippen molar-refractivity contribution in [2.75, 3.05) is 12.3 Å². The number of carboxylic acid groups (broad SMARTS) is 1. The van der Waals surface area contributed by atoms with Crippen molar-refractivity contribution < 1.29 is 18.3 Å². The first-order valence-electron chi connectivity index (χ1n) is 5.44. The Bertz CT molecular complexity index is 617. The van der Waals surface area contributed by atoms with Gasteiger partial charge in [-0.25, -0.2) is 17.9 Å². The molecule has 0 saturated heterocycles. The zero-order chi connectivity index (χ0) is 14.5. The van der Waals surface area contributed by atoms with Gasteiger partial charge in [0.05, 0.1) is 10.5 Å². The molecule has 0 amide bonds. The summed E-state index contributed by atoms with van der Waals surface area (Å²) in [6.45, 7) is 0.149. The van der Waals surface area contributed by atoms with Crippen LogP contribution < -0.4 is 10.5 Å². The first-order chi connectivity index (χ1) is 8.88. The van der Waals surface area contributed by atoms with Crippen LogP contribution >= 0.6 is 0 Å². The van der Waals surface area contributed by atoms with E-state index in [1.54, 1.807) is 0 Å². The molecule has 0 aliphatic rings. The van der Waals surface area contributed by atoms with E-state index >= 15 is 0 Å². The number of unbranched alkanes of at least 4 members (excludes halogenated alkanes) is 1. The van der Waals surface area contributed by atoms with Gasteiger partial charge < -0.3 is 10.8 Å². The number of anilines is 1. The second kappa shape index (κ2) is 6.22. The molecule has 0 bridgehead atoms. The third kappa shape index (κ3) is 3.98. The first-order valence-corrected chi connectivity index (χ1v) is 6.92. The van der Waals surface area contributed by atoms with Crippen molar-refractivity contribution in [2.45, 2.75) is 17.7 Å². The van der Waals surface area contributed by atoms with Crippen molar-refractivity contribution >= 4 is 21.7 Å². The van der Waals surface area contributed by atoms with Gasteiger partial charge >= 0.3 is 5.97 Å². The molecule has 1 aromatic carbocycles. The highest BCUT2D eigenvalue weighted by atomic mass is 32.2. The van der Waals surface area contributed by atoms with E-state index in [-0.39, 0.29) is 22.7 Å². The minimum Gasteiger partial charge on any atom is -0.478 e. The molecule has 0 aliphatic heterocycles. The number of hydrogen-bond donors (Lipinski definition) is 3. The third-order valence-electron chi connectivity index (χ3n) is 2.31. The largest absolute Gasteiger partial charge is 0.478 e. The summed E-state index contributed by atoms with van der Waals surface area (Å²) in [6.07, 6.45) is 5.97. The van der Waals surface area contributed by atoms with Crippen LogP contribution in [-0.4, -0.2) is 26.0 Å². The van der Waals surface area contributed by atoms with Gasteiger partial charge in [0, 0.05) is 18.7 Å². The molecule has 0 radical (unpaired) electrons. The zero-order valence-corrected chi connectivity index (χ0v) is 10.9. The van der Waals surface area contributed by atoms with Gasteiger partial charge in [0.2, 0.25) is 10.0 Å². The molecule has 0 fully saturated rings. The van der Waals surface area contributed by atoms with Crippen molar-refractivity contribution in [2.24, 2.45) is 0 Å². The molecular formula is C12H14N2O4S. The fourth-order valence-corrected chi connectivity index (χ4v) is 2.68. The van der Waals surface area contributed by atoms with E-state index in [1.807, 2.05) is 0 Å². The Morgan fingerprint density at radius 2 is 2.16 bits per heavy atom. The number of hydrogen-bond acceptors (Lipinski definition) is 4. The van der Waals surface area contributed by atoms with Crippen LogP contribution in [0.3, 0.4) is 0 Å². The van der Waals surface area contributed by atoms with E-state index in [0.29, 0.717) is 12.8 Å². The highest BCUT2D eigenvalue weighted by Crippen LogP contribution is 2.18. The van der Waals surface area contributed by atoms with Crippen LogP contribution in [0.5, 0.6) is 0 Å². The molecule has 4 N–H and O–H groups in total. The van der Waals surface area contributed by atoms with Gasteiger partial charge in [-0.05, 0) is 24.6 Å². The second-order valence-electron chi connectivity index (χ2n) is 3.77. The Morgan fingerprint density at radius 3 is 2.74 bits per heavy atom. The number of aromatic carboxylic acids is 1. The van der Waals surface area contributed by atoms with Crippen molar-refractivity contribution in [3.05, 3.63) is 23.8 Å². The van der Waals surface area contributed by atoms with Gasteiger partial charge in [0.25, 0.3) is 0 Å². The molecule has 0 atom stereocenters. The lowest BCUT2D eigenvalue weighted by Crippen LogP contribution is -2.26. The van der Waals surface area contributed by atoms with E-state index in [2.05, 4.69) is 10.6 Å². The van der Waals surface area contributed by atoms with Gasteiger partial charge in [-0.3, -0.25) is 0 Å². The van der Waals surface area contributed by atoms with Gasteiger partial charge in [-0.2, -0.15) is 0 Å². The molecule has 1 rings (SSSR count). The van der Waals surface area contributed by atoms with E-state index in [1.165, 1.54) is 12.1 Å². The molecule has 0 aliphatic carbocycles. The molecule has 0 saturated carbocycles. The lowest BCUT2D eigenvalue weighted by molar-refractivity contribution is 0.0692. The van der Waals surface area contributed by atoms with Gasteiger partial charge in [0.1, 0.15) is 0 Å². The smallest absolute Gasteiger partial charge is 0.337 e. The fraction of sp³-hybridized carbons (Fsp3) is 0.250. The second-order valence-corrected chi connectivity index (χ2v) is 5.50. The number of carboxylic acids is 1. The maximum Gasteiger partial charge on any atom is 0.337 e. The maximum absolute atomic E-state index is 12.0. The maximum atomic E-state index is 12.0. The van der Waals surface area contributed by atoms with E-state index in [4.69, 9.17) is 17.3 Å². The Kier molecular flexibility index (Phi) is 4.92. The minimum absolute atomic E-state index is 0.149. The molecule has 0 heterocycles. The number of nitrogens with one attached hydrogen (secondary N) is 1. The van der Waals surface area contributed by atoms with Gasteiger partial charge in [-0.1, -0.05) is 0 Å². The SMILES string of the molecule is C#CCCCNS(=O)(=O)c1ccc(N)cc1C(=O)O. The Labute approximate surface area is 111 Å². The molecule has 7 heteroatoms. The third-order valence-corrected chi connectivity index (χ3v) is 3.83. The average Bonchev–Trinajstić information content (AvgIpc) is 2.34. The highest BCUT2D eigenvalue weighted by Gasteiger charge is 2.21. The number of nitrogen functional groups attached to an aromatic ring is 1.